The number of nitrogens with zero attached hydrogens (tertiary/aromatic N) is 6. The van der Waals surface area contributed by atoms with E-state index in [2.05, 4.69) is 18.4 Å². The number of carbonyl (C=O) groups excluding carboxylic acids is 3. The van der Waals surface area contributed by atoms with Crippen molar-refractivity contribution in [3.05, 3.63) is 198 Å². The molecule has 3 aromatic heterocycles. The number of carboxylic acid groups (broad SMARTS) is 1. The van der Waals surface area contributed by atoms with Gasteiger partial charge in [0.05, 0.1) is 100 Å². The number of aromatic nitrogens is 3. The van der Waals surface area contributed by atoms with Crippen LogP contribution in [0, 0.1) is 17.5 Å². The largest absolute Gasteiger partial charge is 1.00 e. The zero-order valence-corrected chi connectivity index (χ0v) is 81.1. The fourth-order valence-corrected chi connectivity index (χ4v) is 23.4. The van der Waals surface area contributed by atoms with Crippen molar-refractivity contribution in [3.63, 3.8) is 0 Å². The summed E-state index contributed by atoms with van der Waals surface area (Å²) in [6, 6.07) is 45.7. The van der Waals surface area contributed by atoms with Gasteiger partial charge in [-0.15, -0.1) is 0 Å². The zero-order valence-electron chi connectivity index (χ0n) is 76.7. The number of esters is 2. The molecule has 34 heteroatoms. The van der Waals surface area contributed by atoms with Crippen molar-refractivity contribution in [1.29, 1.82) is 0 Å². The quantitative estimate of drug-likeness (QED) is 0.0278. The van der Waals surface area contributed by atoms with E-state index in [1.54, 1.807) is 36.4 Å². The van der Waals surface area contributed by atoms with Crippen LogP contribution in [-0.4, -0.2) is 220 Å². The molecular weight excluding hydrogens is 1770 g/mol. The summed E-state index contributed by atoms with van der Waals surface area (Å²) in [6.45, 7) is 25.2. The van der Waals surface area contributed by atoms with Crippen LogP contribution >= 0.6 is 0 Å². The number of rotatable bonds is 30. The Bertz CT molecular complexity index is 5670. The molecule has 26 nitrogen and oxygen atoms in total. The Balaban J connectivity index is 0.000000221. The first-order valence-electron chi connectivity index (χ1n) is 44.2. The van der Waals surface area contributed by atoms with Crippen LogP contribution in [0.25, 0.3) is 67.2 Å². The summed E-state index contributed by atoms with van der Waals surface area (Å²) in [5.41, 5.74) is 8.88. The summed E-state index contributed by atoms with van der Waals surface area (Å²) in [6.07, 6.45) is -3.21. The second-order valence-corrected chi connectivity index (χ2v) is 41.1. The summed E-state index contributed by atoms with van der Waals surface area (Å²) in [5, 5.41) is 41.7. The Hall–Kier alpha value is -8.17. The minimum atomic E-state index is -4.07. The van der Waals surface area contributed by atoms with Crippen LogP contribution in [0.5, 0.6) is 0 Å². The van der Waals surface area contributed by atoms with Gasteiger partial charge in [0.1, 0.15) is 43.8 Å². The molecule has 709 valence electrons. The maximum Gasteiger partial charge on any atom is 1.00 e. The number of ether oxygens (including phenoxy) is 7. The monoisotopic (exact) mass is 1890 g/mol. The number of aliphatic hydroxyl groups is 3. The minimum absolute atomic E-state index is 0. The van der Waals surface area contributed by atoms with Gasteiger partial charge in [-0.05, 0) is 178 Å². The summed E-state index contributed by atoms with van der Waals surface area (Å²) in [7, 11) is -12.1. The molecule has 5 fully saturated rings. The fraction of sp³-hybridized carbons (Fsp3) is 0.480. The second kappa shape index (κ2) is 47.1. The van der Waals surface area contributed by atoms with E-state index in [4.69, 9.17) is 33.2 Å². The van der Waals surface area contributed by atoms with Gasteiger partial charge < -0.3 is 72.1 Å². The third-order valence-corrected chi connectivity index (χ3v) is 29.0. The molecule has 6 atom stereocenters. The first-order valence-corrected chi connectivity index (χ1v) is 48.5. The van der Waals surface area contributed by atoms with Crippen LogP contribution < -0.4 is 34.7 Å². The average molecular weight is 1890 g/mol. The molecule has 0 amide bonds. The Morgan fingerprint density at radius 2 is 0.818 bits per heavy atom. The Morgan fingerprint density at radius 1 is 0.492 bits per heavy atom. The summed E-state index contributed by atoms with van der Waals surface area (Å²) < 4.78 is 180. The minimum Gasteiger partial charge on any atom is -0.550 e. The molecule has 0 bridgehead atoms. The number of cyclic esters (lactones) is 1. The van der Waals surface area contributed by atoms with Crippen LogP contribution in [0.15, 0.2) is 178 Å². The molecule has 0 saturated carbocycles. The number of aliphatic hydroxyl groups excluding tert-OH is 3. The van der Waals surface area contributed by atoms with E-state index in [-0.39, 0.29) is 175 Å². The first kappa shape index (κ1) is 108. The Labute approximate surface area is 799 Å². The van der Waals surface area contributed by atoms with Crippen LogP contribution in [-0.2, 0) is 97.2 Å². The molecule has 5 aliphatic rings. The average Bonchev–Trinajstić information content (AvgIpc) is 1.58. The SMILES string of the molecule is C.CC(C)c1c(-c2ccccc2)c(S(=O)(=O)N2CCOCC2)c(-c2ccc(F)cc2)n1CC[C@@H](O)C[C@@H](O)CC(=O)[O-].CC(C)c1c(-c2ccccc2)c(S(=O)(=O)N2CCOCC2)c(-c2ccc(F)cc2)n1CC[C@@H]1C[C@@H](O)CC(=O)O1.CC(C)c1c(-c2ccccc2)c(S(=O)(=O)N2CCOCC2)c(-c2ccc(F)cc2)n1CC[C@@H]1C[C@H](CC(=O)OC(C)(C)C)OC(C)(C)O1.[B].[Na+]. The number of benzene rings is 6. The van der Waals surface area contributed by atoms with Gasteiger partial charge in [0.15, 0.2) is 5.79 Å². The number of halogens is 3. The summed E-state index contributed by atoms with van der Waals surface area (Å²) in [5.74, 6) is -4.73. The van der Waals surface area contributed by atoms with Gasteiger partial charge in [-0.2, -0.15) is 12.9 Å². The van der Waals surface area contributed by atoms with Gasteiger partial charge in [0.25, 0.3) is 0 Å². The molecule has 8 heterocycles. The van der Waals surface area contributed by atoms with Crippen molar-refractivity contribution in [2.45, 2.75) is 241 Å². The molecule has 0 unspecified atom stereocenters. The van der Waals surface area contributed by atoms with Gasteiger partial charge in [0.2, 0.25) is 30.1 Å². The predicted molar refractivity (Wildman–Crippen MR) is 493 cm³/mol. The van der Waals surface area contributed by atoms with Gasteiger partial charge in [0, 0.05) is 133 Å². The van der Waals surface area contributed by atoms with Crippen LogP contribution in [0.4, 0.5) is 13.2 Å². The first-order chi connectivity index (χ1) is 61.2. The number of carboxylic acids is 1. The van der Waals surface area contributed by atoms with Crippen molar-refractivity contribution < 1.29 is 136 Å². The molecule has 6 aromatic carbocycles. The maximum absolute atomic E-state index is 14.8. The Morgan fingerprint density at radius 3 is 1.14 bits per heavy atom. The van der Waals surface area contributed by atoms with E-state index in [0.717, 1.165) is 28.2 Å². The Kier molecular flexibility index (Phi) is 38.3. The van der Waals surface area contributed by atoms with Crippen molar-refractivity contribution >= 4 is 56.4 Å². The van der Waals surface area contributed by atoms with Gasteiger partial charge >= 0.3 is 41.5 Å². The molecule has 132 heavy (non-hydrogen) atoms. The van der Waals surface area contributed by atoms with Gasteiger partial charge in [-0.1, -0.05) is 140 Å². The molecule has 3 radical (unpaired) electrons. The topological polar surface area (TPSA) is 327 Å². The summed E-state index contributed by atoms with van der Waals surface area (Å²) in [4.78, 5) is 36.1. The van der Waals surface area contributed by atoms with Crippen LogP contribution in [0.1, 0.15) is 176 Å². The molecule has 3 N–H and O–H groups in total. The molecule has 5 saturated heterocycles. The van der Waals surface area contributed by atoms with Crippen molar-refractivity contribution in [2.75, 3.05) is 78.9 Å². The zero-order chi connectivity index (χ0) is 93.0. The van der Waals surface area contributed by atoms with E-state index in [0.29, 0.717) is 121 Å². The maximum atomic E-state index is 14.8. The third kappa shape index (κ3) is 26.3. The molecule has 14 rings (SSSR count). The van der Waals surface area contributed by atoms with E-state index in [9.17, 15) is 73.2 Å². The fourth-order valence-electron chi connectivity index (χ4n) is 17.8. The molecule has 0 aliphatic carbocycles. The number of sulfonamides is 3. The standard InChI is InChI=1S/C37H49FN2O7S.C30H37FN2O7S.C30H35FN2O6S.CH4.B.Na/c1-25(2)33-32(26-11-9-8-10-12-26)35(48(42,43)39-19-21-44-22-20-39)34(27-13-15-28(38)16-14-27)40(33)18-17-29-23-30(46-37(6,7)45-29)24-31(41)47-36(3,4)5;1-20(2)28-27(21-6-4-3-5-7-21)30(41(38,39)32-14-16-40-17-15-32)29(22-8-10-23(31)11-9-22)33(28)13-12-24(34)18-25(35)19-26(36)37;1-20(2)28-27(21-6-4-3-5-7-21)30(40(36,37)32-14-16-38-17-15-32)29(22-8-10-23(31)11-9-22)33(28)13-12-25-18-24(34)19-26(35)39-25;;;/h8-16,25,29-30H,17-24H2,1-7H3;3-11,20,24-25,34-35H,12-19H2,1-2H3,(H,36,37);3-11,20,24-25,34H,12-19H2,1-2H3;1H4;;/q;;;;;+1/p-1/t29-,30-;2*24-,25-;;;/m111.../s1. The molecular formula is C98H124BF3N6NaO20S3. The van der Waals surface area contributed by atoms with E-state index in [1.807, 2.05) is 162 Å². The number of morpholine rings is 3. The number of aliphatic carboxylic acids is 1. The molecule has 9 aromatic rings. The summed E-state index contributed by atoms with van der Waals surface area (Å²) >= 11 is 0. The van der Waals surface area contributed by atoms with Gasteiger partial charge in [-0.25, -0.2) is 38.4 Å². The van der Waals surface area contributed by atoms with E-state index < -0.39 is 108 Å². The number of carbonyl (C=O) groups is 3. The molecule has 5 aliphatic heterocycles. The van der Waals surface area contributed by atoms with E-state index in [1.165, 1.54) is 49.3 Å². The number of hydrogen-bond acceptors (Lipinski definition) is 20. The van der Waals surface area contributed by atoms with E-state index >= 15 is 0 Å². The van der Waals surface area contributed by atoms with Crippen molar-refractivity contribution in [3.8, 4) is 67.2 Å². The normalized spacial score (nSPS) is 18.7. The van der Waals surface area contributed by atoms with Crippen molar-refractivity contribution in [2.24, 2.45) is 0 Å². The predicted octanol–water partition coefficient (Wildman–Crippen LogP) is 11.7. The third-order valence-electron chi connectivity index (χ3n) is 23.1. The second-order valence-electron chi connectivity index (χ2n) is 35.5. The number of hydrogen-bond donors (Lipinski definition) is 3. The van der Waals surface area contributed by atoms with Crippen molar-refractivity contribution in [1.82, 2.24) is 26.6 Å². The van der Waals surface area contributed by atoms with Gasteiger partial charge in [-0.3, -0.25) is 9.59 Å². The molecule has 0 spiro atoms. The van der Waals surface area contributed by atoms with Crippen LogP contribution in [0.3, 0.4) is 0 Å². The smallest absolute Gasteiger partial charge is 0.550 e. The van der Waals surface area contributed by atoms with Crippen LogP contribution in [0.2, 0.25) is 0 Å².